The molecule has 2 heterocycles. The number of rotatable bonds is 7. The molecular weight excluding hydrogens is 584 g/mol. The molecule has 0 spiro atoms. The molecule has 4 aromatic carbocycles. The number of aliphatic hydroxyl groups excluding tert-OH is 4. The molecule has 11 heteroatoms. The third-order valence-corrected chi connectivity index (χ3v) is 7.92. The molecule has 2 aliphatic rings. The van der Waals surface area contributed by atoms with Crippen LogP contribution in [0.5, 0.6) is 34.5 Å². The van der Waals surface area contributed by atoms with Crippen molar-refractivity contribution in [2.75, 3.05) is 6.61 Å². The van der Waals surface area contributed by atoms with Gasteiger partial charge in [-0.3, -0.25) is 0 Å². The molecule has 0 amide bonds. The maximum atomic E-state index is 10.7. The van der Waals surface area contributed by atoms with Gasteiger partial charge in [-0.05, 0) is 64.7 Å². The molecule has 2 aliphatic heterocycles. The first-order valence-electron chi connectivity index (χ1n) is 14.2. The van der Waals surface area contributed by atoms with Crippen LogP contribution in [-0.4, -0.2) is 78.2 Å². The van der Waals surface area contributed by atoms with Crippen LogP contribution in [0.4, 0.5) is 0 Å². The number of benzene rings is 4. The van der Waals surface area contributed by atoms with E-state index in [1.165, 1.54) is 24.3 Å². The van der Waals surface area contributed by atoms with Gasteiger partial charge in [0.05, 0.1) is 12.5 Å². The van der Waals surface area contributed by atoms with Gasteiger partial charge in [-0.15, -0.1) is 0 Å². The van der Waals surface area contributed by atoms with Crippen molar-refractivity contribution in [2.24, 2.45) is 0 Å². The van der Waals surface area contributed by atoms with Gasteiger partial charge >= 0.3 is 0 Å². The average molecular weight is 617 g/mol. The van der Waals surface area contributed by atoms with Gasteiger partial charge in [0, 0.05) is 17.7 Å². The van der Waals surface area contributed by atoms with E-state index in [4.69, 9.17) is 14.2 Å². The Bertz CT molecular complexity index is 1680. The molecule has 234 valence electrons. The first-order chi connectivity index (χ1) is 21.6. The molecule has 0 bridgehead atoms. The van der Waals surface area contributed by atoms with E-state index in [1.54, 1.807) is 42.5 Å². The highest BCUT2D eigenvalue weighted by atomic mass is 16.7. The topological polar surface area (TPSA) is 190 Å². The zero-order valence-corrected chi connectivity index (χ0v) is 23.7. The van der Waals surface area contributed by atoms with Gasteiger partial charge < -0.3 is 55.1 Å². The van der Waals surface area contributed by atoms with E-state index in [0.29, 0.717) is 16.9 Å². The van der Waals surface area contributed by atoms with Crippen LogP contribution < -0.4 is 9.47 Å². The summed E-state index contributed by atoms with van der Waals surface area (Å²) < 4.78 is 17.8. The number of phenols is 4. The van der Waals surface area contributed by atoms with Crippen LogP contribution in [0.3, 0.4) is 0 Å². The van der Waals surface area contributed by atoms with Crippen LogP contribution >= 0.6 is 0 Å². The van der Waals surface area contributed by atoms with Gasteiger partial charge in [0.15, 0.2) is 0 Å². The summed E-state index contributed by atoms with van der Waals surface area (Å²) in [4.78, 5) is 0. The van der Waals surface area contributed by atoms with E-state index < -0.39 is 49.3 Å². The minimum atomic E-state index is -1.64. The van der Waals surface area contributed by atoms with Crippen molar-refractivity contribution in [3.05, 3.63) is 107 Å². The normalized spacial score (nSPS) is 26.0. The number of fused-ring (bicyclic) bond motifs is 1. The Labute approximate surface area is 257 Å². The second kappa shape index (κ2) is 12.3. The maximum absolute atomic E-state index is 10.7. The summed E-state index contributed by atoms with van der Waals surface area (Å²) in [6.07, 6.45) is -4.46. The lowest BCUT2D eigenvalue weighted by molar-refractivity contribution is -0.277. The SMILES string of the molecule is OC[C@H]1O[C@@H](Oc2cc(O)cc([C@H]3c4ccc(/C=C/c5cc(O)cc(O)c5)cc4O[C@@H]3c3ccc(O)cc3)c2)[C@H](O)[C@@H](O)[C@@H]1O. The Hall–Kier alpha value is -4.78. The molecule has 0 saturated carbocycles. The van der Waals surface area contributed by atoms with Gasteiger partial charge in [0.25, 0.3) is 0 Å². The molecule has 0 aliphatic carbocycles. The minimum Gasteiger partial charge on any atom is -0.508 e. The maximum Gasteiger partial charge on any atom is 0.229 e. The van der Waals surface area contributed by atoms with Crippen molar-refractivity contribution >= 4 is 12.2 Å². The summed E-state index contributed by atoms with van der Waals surface area (Å²) in [5, 5.41) is 80.5. The van der Waals surface area contributed by atoms with Crippen LogP contribution in [0, 0.1) is 0 Å². The van der Waals surface area contributed by atoms with Gasteiger partial charge in [-0.2, -0.15) is 0 Å². The van der Waals surface area contributed by atoms with Gasteiger partial charge in [-0.25, -0.2) is 0 Å². The van der Waals surface area contributed by atoms with Gasteiger partial charge in [-0.1, -0.05) is 36.4 Å². The zero-order chi connectivity index (χ0) is 31.8. The third kappa shape index (κ3) is 6.25. The van der Waals surface area contributed by atoms with Gasteiger partial charge in [0.1, 0.15) is 65.0 Å². The predicted molar refractivity (Wildman–Crippen MR) is 161 cm³/mol. The lowest BCUT2D eigenvalue weighted by Gasteiger charge is -2.39. The quantitative estimate of drug-likeness (QED) is 0.142. The molecule has 6 rings (SSSR count). The number of hydrogen-bond acceptors (Lipinski definition) is 11. The number of ether oxygens (including phenoxy) is 3. The molecule has 1 saturated heterocycles. The van der Waals surface area contributed by atoms with Crippen molar-refractivity contribution in [1.82, 2.24) is 0 Å². The van der Waals surface area contributed by atoms with E-state index in [1.807, 2.05) is 24.3 Å². The Kier molecular flexibility index (Phi) is 8.28. The van der Waals surface area contributed by atoms with Crippen molar-refractivity contribution in [2.45, 2.75) is 42.7 Å². The van der Waals surface area contributed by atoms with Crippen LogP contribution in [0.15, 0.2) is 78.9 Å². The highest BCUT2D eigenvalue weighted by Crippen LogP contribution is 2.51. The van der Waals surface area contributed by atoms with Gasteiger partial charge in [0.2, 0.25) is 6.29 Å². The Morgan fingerprint density at radius 1 is 0.644 bits per heavy atom. The molecule has 0 radical (unpaired) electrons. The van der Waals surface area contributed by atoms with E-state index in [2.05, 4.69) is 0 Å². The lowest BCUT2D eigenvalue weighted by Crippen LogP contribution is -2.60. The summed E-state index contributed by atoms with van der Waals surface area (Å²) in [6.45, 7) is -0.617. The van der Waals surface area contributed by atoms with Crippen LogP contribution in [-0.2, 0) is 4.74 Å². The van der Waals surface area contributed by atoms with Crippen molar-refractivity contribution in [1.29, 1.82) is 0 Å². The fourth-order valence-electron chi connectivity index (χ4n) is 5.72. The Morgan fingerprint density at radius 2 is 1.33 bits per heavy atom. The highest BCUT2D eigenvalue weighted by Gasteiger charge is 2.45. The summed E-state index contributed by atoms with van der Waals surface area (Å²) in [5.41, 5.74) is 3.51. The van der Waals surface area contributed by atoms with E-state index >= 15 is 0 Å². The summed E-state index contributed by atoms with van der Waals surface area (Å²) >= 11 is 0. The molecule has 11 nitrogen and oxygen atoms in total. The first-order valence-corrected chi connectivity index (χ1v) is 14.2. The highest BCUT2D eigenvalue weighted by molar-refractivity contribution is 5.72. The Balaban J connectivity index is 1.34. The van der Waals surface area contributed by atoms with Crippen LogP contribution in [0.1, 0.15) is 39.8 Å². The van der Waals surface area contributed by atoms with Crippen molar-refractivity contribution < 1.29 is 55.1 Å². The van der Waals surface area contributed by atoms with Crippen LogP contribution in [0.25, 0.3) is 12.2 Å². The molecule has 4 aromatic rings. The summed E-state index contributed by atoms with van der Waals surface area (Å²) in [6, 6.07) is 21.0. The largest absolute Gasteiger partial charge is 0.508 e. The smallest absolute Gasteiger partial charge is 0.229 e. The number of aliphatic hydroxyl groups is 4. The predicted octanol–water partition coefficient (Wildman–Crippen LogP) is 3.12. The lowest BCUT2D eigenvalue weighted by atomic mass is 9.84. The molecular formula is C34H32O11. The molecule has 8 N–H and O–H groups in total. The standard InChI is InChI=1S/C34H32O11/c35-16-28-30(40)31(41)32(42)34(45-28)43-25-13-20(12-24(39)15-25)29-26-8-3-17(1-2-18-9-22(37)14-23(38)10-18)11-27(26)44-33(29)19-4-6-21(36)7-5-19/h1-15,28-42H,16H2/b2-1+/t28-,29+,30-,31+,32-,33-,34-/m1/s1. The van der Waals surface area contributed by atoms with E-state index in [-0.39, 0.29) is 28.7 Å². The number of phenolic OH excluding ortho intramolecular Hbond substituents is 4. The fourth-order valence-corrected chi connectivity index (χ4v) is 5.72. The summed E-state index contributed by atoms with van der Waals surface area (Å²) in [7, 11) is 0. The molecule has 45 heavy (non-hydrogen) atoms. The Morgan fingerprint density at radius 3 is 2.04 bits per heavy atom. The van der Waals surface area contributed by atoms with E-state index in [9.17, 15) is 40.9 Å². The van der Waals surface area contributed by atoms with Crippen molar-refractivity contribution in [3.63, 3.8) is 0 Å². The minimum absolute atomic E-state index is 0.0625. The molecule has 1 fully saturated rings. The second-order valence-electron chi connectivity index (χ2n) is 11.1. The monoisotopic (exact) mass is 616 g/mol. The summed E-state index contributed by atoms with van der Waals surface area (Å²) in [5.74, 6) is 0.0116. The zero-order valence-electron chi connectivity index (χ0n) is 23.7. The average Bonchev–Trinajstić information content (AvgIpc) is 3.39. The third-order valence-electron chi connectivity index (χ3n) is 7.92. The molecule has 0 aromatic heterocycles. The molecule has 7 atom stereocenters. The van der Waals surface area contributed by atoms with Crippen molar-refractivity contribution in [3.8, 4) is 34.5 Å². The fraction of sp³-hybridized carbons (Fsp3) is 0.235. The number of aromatic hydroxyl groups is 4. The first kappa shape index (κ1) is 30.3. The second-order valence-corrected chi connectivity index (χ2v) is 11.1. The molecule has 0 unspecified atom stereocenters. The van der Waals surface area contributed by atoms with Crippen LogP contribution in [0.2, 0.25) is 0 Å². The number of hydrogen-bond donors (Lipinski definition) is 8. The van der Waals surface area contributed by atoms with E-state index in [0.717, 1.165) is 16.7 Å².